The van der Waals surface area contributed by atoms with Crippen molar-refractivity contribution in [1.82, 2.24) is 9.55 Å². The number of hydrogen-bond acceptors (Lipinski definition) is 5. The lowest BCUT2D eigenvalue weighted by Gasteiger charge is -2.25. The first-order valence-corrected chi connectivity index (χ1v) is 14.5. The Bertz CT molecular complexity index is 2010. The zero-order valence-corrected chi connectivity index (χ0v) is 24.3. The van der Waals surface area contributed by atoms with Crippen molar-refractivity contribution in [2.45, 2.75) is 5.79 Å². The maximum atomic E-state index is 5.82. The molecule has 212 valence electrons. The van der Waals surface area contributed by atoms with Gasteiger partial charge >= 0.3 is 0 Å². The van der Waals surface area contributed by atoms with E-state index in [2.05, 4.69) is 65.2 Å². The van der Waals surface area contributed by atoms with E-state index in [1.165, 1.54) is 0 Å². The van der Waals surface area contributed by atoms with E-state index in [0.29, 0.717) is 11.5 Å². The van der Waals surface area contributed by atoms with Gasteiger partial charge < -0.3 is 9.47 Å². The second-order valence-corrected chi connectivity index (χ2v) is 10.7. The number of nitrogens with zero attached hydrogens (tertiary/aromatic N) is 4. The molecular formula is C38H28N4O2. The fourth-order valence-electron chi connectivity index (χ4n) is 6.28. The van der Waals surface area contributed by atoms with Crippen LogP contribution >= 0.6 is 0 Å². The summed E-state index contributed by atoms with van der Waals surface area (Å²) in [4.78, 5) is 16.5. The Kier molecular flexibility index (Phi) is 6.01. The molecule has 0 saturated heterocycles. The molecule has 1 spiro atoms. The van der Waals surface area contributed by atoms with E-state index in [4.69, 9.17) is 24.4 Å². The van der Waals surface area contributed by atoms with Crippen LogP contribution in [0.4, 0.5) is 0 Å². The minimum Gasteiger partial charge on any atom is -0.493 e. The smallest absolute Gasteiger partial charge is 0.262 e. The van der Waals surface area contributed by atoms with E-state index in [1.807, 2.05) is 72.8 Å². The molecule has 0 fully saturated rings. The Labute approximate surface area is 255 Å². The summed E-state index contributed by atoms with van der Waals surface area (Å²) in [5, 5.41) is 0. The van der Waals surface area contributed by atoms with Gasteiger partial charge in [-0.15, -0.1) is 0 Å². The lowest BCUT2D eigenvalue weighted by Crippen LogP contribution is -2.27. The van der Waals surface area contributed by atoms with Crippen LogP contribution in [0.2, 0.25) is 0 Å². The van der Waals surface area contributed by atoms with Crippen LogP contribution in [0.15, 0.2) is 143 Å². The Morgan fingerprint density at radius 3 is 1.50 bits per heavy atom. The number of methoxy groups -OCH3 is 2. The summed E-state index contributed by atoms with van der Waals surface area (Å²) in [6, 6.07) is 45.2. The molecule has 0 N–H and O–H groups in total. The number of fused-ring (bicyclic) bond motifs is 5. The van der Waals surface area contributed by atoms with Crippen LogP contribution in [0.5, 0.6) is 11.5 Å². The molecule has 3 heterocycles. The molecule has 0 aliphatic carbocycles. The molecule has 5 aromatic carbocycles. The van der Waals surface area contributed by atoms with Gasteiger partial charge in [0.15, 0.2) is 11.5 Å². The van der Waals surface area contributed by atoms with Crippen molar-refractivity contribution in [2.24, 2.45) is 9.98 Å². The Morgan fingerprint density at radius 2 is 1.00 bits per heavy atom. The summed E-state index contributed by atoms with van der Waals surface area (Å²) in [7, 11) is 3.30. The van der Waals surface area contributed by atoms with E-state index in [9.17, 15) is 0 Å². The number of hydrogen-bond donors (Lipinski definition) is 0. The maximum absolute atomic E-state index is 5.82. The SMILES string of the molecule is COc1cc2c(cc1OC)C1(N=C(c3ccccc3)C(c3ccccc3)=N1)n1c-2nc(-c2ccccc2)c1-c1ccccc1. The van der Waals surface area contributed by atoms with Crippen LogP contribution in [0.3, 0.4) is 0 Å². The van der Waals surface area contributed by atoms with E-state index < -0.39 is 5.79 Å². The topological polar surface area (TPSA) is 61.0 Å². The number of benzene rings is 5. The first-order valence-electron chi connectivity index (χ1n) is 14.5. The fourth-order valence-corrected chi connectivity index (χ4v) is 6.28. The van der Waals surface area contributed by atoms with E-state index in [-0.39, 0.29) is 0 Å². The molecule has 2 aliphatic rings. The Balaban J connectivity index is 1.53. The Hall–Kier alpha value is -5.75. The lowest BCUT2D eigenvalue weighted by atomic mass is 10.0. The van der Waals surface area contributed by atoms with Gasteiger partial charge in [0, 0.05) is 33.4 Å². The van der Waals surface area contributed by atoms with Crippen molar-refractivity contribution in [3.63, 3.8) is 0 Å². The van der Waals surface area contributed by atoms with Gasteiger partial charge in [0.25, 0.3) is 5.79 Å². The van der Waals surface area contributed by atoms with Gasteiger partial charge in [-0.3, -0.25) is 4.57 Å². The first-order chi connectivity index (χ1) is 21.7. The minimum atomic E-state index is -1.17. The third kappa shape index (κ3) is 3.84. The lowest BCUT2D eigenvalue weighted by molar-refractivity contribution is 0.352. The monoisotopic (exact) mass is 572 g/mol. The predicted octanol–water partition coefficient (Wildman–Crippen LogP) is 7.87. The van der Waals surface area contributed by atoms with Gasteiger partial charge in [0.1, 0.15) is 5.82 Å². The fraction of sp³-hybridized carbons (Fsp3) is 0.0789. The molecule has 0 amide bonds. The summed E-state index contributed by atoms with van der Waals surface area (Å²) in [6.07, 6.45) is 0. The van der Waals surface area contributed by atoms with Gasteiger partial charge in [-0.05, 0) is 12.1 Å². The average Bonchev–Trinajstić information content (AvgIpc) is 3.77. The standard InChI is InChI=1S/C38H28N4O2/c1-43-31-23-29-30(24-32(31)44-2)38(40-33(25-15-7-3-8-16-25)34(41-38)26-17-9-4-10-18-26)42-36(28-21-13-6-14-22-28)35(39-37(29)42)27-19-11-5-12-20-27/h3-24H,1-2H3. The Morgan fingerprint density at radius 1 is 0.545 bits per heavy atom. The van der Waals surface area contributed by atoms with Crippen molar-refractivity contribution in [1.29, 1.82) is 0 Å². The number of imidazole rings is 1. The van der Waals surface area contributed by atoms with Crippen LogP contribution in [0.25, 0.3) is 33.9 Å². The van der Waals surface area contributed by atoms with Crippen LogP contribution < -0.4 is 9.47 Å². The van der Waals surface area contributed by atoms with Crippen LogP contribution in [-0.4, -0.2) is 35.2 Å². The zero-order chi connectivity index (χ0) is 29.7. The van der Waals surface area contributed by atoms with Crippen LogP contribution in [0.1, 0.15) is 16.7 Å². The number of aromatic nitrogens is 2. The largest absolute Gasteiger partial charge is 0.493 e. The van der Waals surface area contributed by atoms with Crippen LogP contribution in [0, 0.1) is 0 Å². The number of rotatable bonds is 6. The average molecular weight is 573 g/mol. The summed E-state index contributed by atoms with van der Waals surface area (Å²) >= 11 is 0. The minimum absolute atomic E-state index is 0.612. The molecule has 6 heteroatoms. The van der Waals surface area contributed by atoms with Gasteiger partial charge in [-0.2, -0.15) is 0 Å². The van der Waals surface area contributed by atoms with Crippen LogP contribution in [-0.2, 0) is 5.79 Å². The van der Waals surface area contributed by atoms with Gasteiger partial charge in [-0.25, -0.2) is 15.0 Å². The van der Waals surface area contributed by atoms with Gasteiger partial charge in [0.05, 0.1) is 37.0 Å². The summed E-state index contributed by atoms with van der Waals surface area (Å²) < 4.78 is 13.8. The quantitative estimate of drug-likeness (QED) is 0.204. The number of ether oxygens (including phenoxy) is 2. The highest BCUT2D eigenvalue weighted by Crippen LogP contribution is 2.55. The zero-order valence-electron chi connectivity index (χ0n) is 24.3. The first kappa shape index (κ1) is 25.9. The van der Waals surface area contributed by atoms with Crippen molar-refractivity contribution in [2.75, 3.05) is 14.2 Å². The summed E-state index contributed by atoms with van der Waals surface area (Å²) in [6.45, 7) is 0. The summed E-state index contributed by atoms with van der Waals surface area (Å²) in [5.41, 5.74) is 9.25. The molecule has 1 aromatic heterocycles. The molecule has 44 heavy (non-hydrogen) atoms. The molecule has 0 unspecified atom stereocenters. The van der Waals surface area contributed by atoms with Gasteiger partial charge in [-0.1, -0.05) is 121 Å². The maximum Gasteiger partial charge on any atom is 0.262 e. The van der Waals surface area contributed by atoms with Crippen molar-refractivity contribution >= 4 is 11.4 Å². The summed E-state index contributed by atoms with van der Waals surface area (Å²) in [5.74, 6) is 0.831. The van der Waals surface area contributed by atoms with Crippen molar-refractivity contribution < 1.29 is 9.47 Å². The molecule has 6 aromatic rings. The second kappa shape index (κ2) is 10.2. The molecule has 8 rings (SSSR count). The van der Waals surface area contributed by atoms with E-state index in [1.54, 1.807) is 14.2 Å². The third-order valence-corrected chi connectivity index (χ3v) is 8.26. The van der Waals surface area contributed by atoms with Gasteiger partial charge in [0.2, 0.25) is 0 Å². The van der Waals surface area contributed by atoms with Crippen molar-refractivity contribution in [3.8, 4) is 45.4 Å². The molecule has 0 bridgehead atoms. The molecular weight excluding hydrogens is 544 g/mol. The second-order valence-electron chi connectivity index (χ2n) is 10.7. The highest BCUT2D eigenvalue weighted by Gasteiger charge is 2.51. The van der Waals surface area contributed by atoms with E-state index in [0.717, 1.165) is 62.0 Å². The normalized spacial score (nSPS) is 14.1. The molecule has 6 nitrogen and oxygen atoms in total. The van der Waals surface area contributed by atoms with Crippen molar-refractivity contribution in [3.05, 3.63) is 150 Å². The molecule has 0 atom stereocenters. The predicted molar refractivity (Wildman–Crippen MR) is 175 cm³/mol. The highest BCUT2D eigenvalue weighted by molar-refractivity contribution is 6.54. The third-order valence-electron chi connectivity index (χ3n) is 8.26. The number of aliphatic imine (C=N–C) groups is 2. The molecule has 0 saturated carbocycles. The van der Waals surface area contributed by atoms with E-state index >= 15 is 0 Å². The molecule has 0 radical (unpaired) electrons. The highest BCUT2D eigenvalue weighted by atomic mass is 16.5. The molecule has 2 aliphatic heterocycles.